The van der Waals surface area contributed by atoms with E-state index in [-0.39, 0.29) is 12.0 Å². The summed E-state index contributed by atoms with van der Waals surface area (Å²) in [5, 5.41) is 4.83. The summed E-state index contributed by atoms with van der Waals surface area (Å²) in [4.78, 5) is 11.2. The van der Waals surface area contributed by atoms with Gasteiger partial charge in [0, 0.05) is 6.54 Å². The molecule has 0 atom stereocenters. The van der Waals surface area contributed by atoms with Crippen molar-refractivity contribution in [1.82, 2.24) is 10.6 Å². The molecule has 0 unspecified atom stereocenters. The van der Waals surface area contributed by atoms with Crippen molar-refractivity contribution in [2.45, 2.75) is 45.2 Å². The van der Waals surface area contributed by atoms with Crippen molar-refractivity contribution < 1.29 is 18.0 Å². The van der Waals surface area contributed by atoms with E-state index in [4.69, 9.17) is 0 Å². The number of hydrogen-bond acceptors (Lipinski definition) is 2. The van der Waals surface area contributed by atoms with E-state index in [0.29, 0.717) is 6.54 Å². The van der Waals surface area contributed by atoms with E-state index in [9.17, 15) is 18.0 Å². The zero-order valence-corrected chi connectivity index (χ0v) is 10.7. The summed E-state index contributed by atoms with van der Waals surface area (Å²) in [6.07, 6.45) is 1.39. The fourth-order valence-corrected chi connectivity index (χ4v) is 2.48. The van der Waals surface area contributed by atoms with E-state index in [1.807, 2.05) is 5.32 Å². The van der Waals surface area contributed by atoms with Crippen molar-refractivity contribution in [3.05, 3.63) is 0 Å². The first kappa shape index (κ1) is 15.3. The van der Waals surface area contributed by atoms with Crippen LogP contribution in [0, 0.1) is 5.41 Å². The monoisotopic (exact) mass is 266 g/mol. The van der Waals surface area contributed by atoms with Crippen molar-refractivity contribution in [2.75, 3.05) is 19.6 Å². The van der Waals surface area contributed by atoms with Gasteiger partial charge < -0.3 is 10.6 Å². The molecule has 1 saturated carbocycles. The zero-order valence-electron chi connectivity index (χ0n) is 10.7. The Bertz CT molecular complexity index is 273. The van der Waals surface area contributed by atoms with Crippen molar-refractivity contribution >= 4 is 5.91 Å². The van der Waals surface area contributed by atoms with Crippen molar-refractivity contribution in [3.63, 3.8) is 0 Å². The molecule has 3 nitrogen and oxygen atoms in total. The topological polar surface area (TPSA) is 41.1 Å². The van der Waals surface area contributed by atoms with Gasteiger partial charge in [0.15, 0.2) is 0 Å². The molecule has 0 spiro atoms. The number of carbonyl (C=O) groups is 1. The smallest absolute Gasteiger partial charge is 0.346 e. The van der Waals surface area contributed by atoms with Crippen LogP contribution in [0.25, 0.3) is 0 Å². The van der Waals surface area contributed by atoms with Gasteiger partial charge in [-0.05, 0) is 24.7 Å². The predicted molar refractivity (Wildman–Crippen MR) is 63.1 cm³/mol. The lowest BCUT2D eigenvalue weighted by Crippen LogP contribution is -2.42. The molecule has 0 heterocycles. The van der Waals surface area contributed by atoms with Crippen LogP contribution in [0.15, 0.2) is 0 Å². The number of carbonyl (C=O) groups excluding carboxylic acids is 1. The summed E-state index contributed by atoms with van der Waals surface area (Å²) < 4.78 is 35.6. The molecule has 1 aliphatic carbocycles. The standard InChI is InChI=1S/C12H21F3N2O/c1-2-11(5-3-4-6-11)8-16-7-10(18)17-9-12(13,14)15/h16H,2-9H2,1H3,(H,17,18). The first-order valence-electron chi connectivity index (χ1n) is 6.41. The molecule has 0 bridgehead atoms. The number of nitrogens with one attached hydrogen (secondary N) is 2. The normalized spacial score (nSPS) is 18.9. The average Bonchev–Trinajstić information content (AvgIpc) is 2.75. The van der Waals surface area contributed by atoms with Crippen LogP contribution in [0.1, 0.15) is 39.0 Å². The molecule has 0 aromatic heterocycles. The van der Waals surface area contributed by atoms with E-state index in [1.54, 1.807) is 0 Å². The van der Waals surface area contributed by atoms with Gasteiger partial charge in [-0.15, -0.1) is 0 Å². The number of alkyl halides is 3. The lowest BCUT2D eigenvalue weighted by Gasteiger charge is -2.27. The van der Waals surface area contributed by atoms with E-state index < -0.39 is 18.6 Å². The van der Waals surface area contributed by atoms with Gasteiger partial charge >= 0.3 is 6.18 Å². The molecule has 1 rings (SSSR count). The number of rotatable bonds is 6. The van der Waals surface area contributed by atoms with Crippen LogP contribution < -0.4 is 10.6 Å². The van der Waals surface area contributed by atoms with Gasteiger partial charge in [0.2, 0.25) is 5.91 Å². The van der Waals surface area contributed by atoms with Crippen LogP contribution in [0.4, 0.5) is 13.2 Å². The second-order valence-corrected chi connectivity index (χ2v) is 5.06. The van der Waals surface area contributed by atoms with Crippen LogP contribution in [0.3, 0.4) is 0 Å². The number of hydrogen-bond donors (Lipinski definition) is 2. The largest absolute Gasteiger partial charge is 0.405 e. The Morgan fingerprint density at radius 3 is 2.39 bits per heavy atom. The Hall–Kier alpha value is -0.780. The lowest BCUT2D eigenvalue weighted by atomic mass is 9.83. The van der Waals surface area contributed by atoms with E-state index >= 15 is 0 Å². The fourth-order valence-electron chi connectivity index (χ4n) is 2.48. The summed E-state index contributed by atoms with van der Waals surface area (Å²) in [6, 6.07) is 0. The third-order valence-corrected chi connectivity index (χ3v) is 3.69. The number of amides is 1. The molecular formula is C12H21F3N2O. The van der Waals surface area contributed by atoms with Crippen LogP contribution in [-0.2, 0) is 4.79 Å². The van der Waals surface area contributed by atoms with Crippen LogP contribution in [0.5, 0.6) is 0 Å². The minimum atomic E-state index is -4.34. The molecule has 0 saturated heterocycles. The van der Waals surface area contributed by atoms with E-state index in [1.165, 1.54) is 12.8 Å². The maximum atomic E-state index is 11.9. The minimum Gasteiger partial charge on any atom is -0.346 e. The molecule has 1 fully saturated rings. The zero-order chi connectivity index (χ0) is 13.6. The highest BCUT2D eigenvalue weighted by Crippen LogP contribution is 2.40. The van der Waals surface area contributed by atoms with Gasteiger partial charge in [-0.1, -0.05) is 19.8 Å². The summed E-state index contributed by atoms with van der Waals surface area (Å²) in [5.41, 5.74) is 0.240. The molecule has 0 radical (unpaired) electrons. The van der Waals surface area contributed by atoms with Crippen LogP contribution >= 0.6 is 0 Å². The fraction of sp³-hybridized carbons (Fsp3) is 0.917. The van der Waals surface area contributed by atoms with Crippen LogP contribution in [0.2, 0.25) is 0 Å². The summed E-state index contributed by atoms with van der Waals surface area (Å²) in [7, 11) is 0. The SMILES string of the molecule is CCC1(CNCC(=O)NCC(F)(F)F)CCCC1. The third kappa shape index (κ3) is 5.25. The van der Waals surface area contributed by atoms with Gasteiger partial charge in [-0.3, -0.25) is 4.79 Å². The van der Waals surface area contributed by atoms with Gasteiger partial charge in [0.25, 0.3) is 0 Å². The first-order chi connectivity index (χ1) is 8.37. The second-order valence-electron chi connectivity index (χ2n) is 5.06. The molecule has 0 aliphatic heterocycles. The molecule has 1 aliphatic rings. The molecule has 18 heavy (non-hydrogen) atoms. The summed E-state index contributed by atoms with van der Waals surface area (Å²) in [6.45, 7) is 1.53. The Balaban J connectivity index is 2.19. The molecular weight excluding hydrogens is 245 g/mol. The highest BCUT2D eigenvalue weighted by molar-refractivity contribution is 5.78. The Morgan fingerprint density at radius 1 is 1.28 bits per heavy atom. The second kappa shape index (κ2) is 6.41. The Labute approximate surface area is 106 Å². The quantitative estimate of drug-likeness (QED) is 0.774. The van der Waals surface area contributed by atoms with Crippen molar-refractivity contribution in [1.29, 1.82) is 0 Å². The van der Waals surface area contributed by atoms with Crippen molar-refractivity contribution in [3.8, 4) is 0 Å². The first-order valence-corrected chi connectivity index (χ1v) is 6.41. The minimum absolute atomic E-state index is 0.0438. The Kier molecular flexibility index (Phi) is 5.44. The van der Waals surface area contributed by atoms with Gasteiger partial charge in [-0.25, -0.2) is 0 Å². The van der Waals surface area contributed by atoms with E-state index in [2.05, 4.69) is 12.2 Å². The third-order valence-electron chi connectivity index (χ3n) is 3.69. The Morgan fingerprint density at radius 2 is 1.89 bits per heavy atom. The molecule has 1 amide bonds. The molecule has 106 valence electrons. The summed E-state index contributed by atoms with van der Waals surface area (Å²) in [5.74, 6) is -0.600. The summed E-state index contributed by atoms with van der Waals surface area (Å²) >= 11 is 0. The maximum absolute atomic E-state index is 11.9. The average molecular weight is 266 g/mol. The lowest BCUT2D eigenvalue weighted by molar-refractivity contribution is -0.137. The van der Waals surface area contributed by atoms with Crippen molar-refractivity contribution in [2.24, 2.45) is 5.41 Å². The number of halogens is 3. The highest BCUT2D eigenvalue weighted by atomic mass is 19.4. The van der Waals surface area contributed by atoms with E-state index in [0.717, 1.165) is 19.3 Å². The highest BCUT2D eigenvalue weighted by Gasteiger charge is 2.31. The molecule has 6 heteroatoms. The van der Waals surface area contributed by atoms with Gasteiger partial charge in [0.1, 0.15) is 6.54 Å². The van der Waals surface area contributed by atoms with Gasteiger partial charge in [0.05, 0.1) is 6.54 Å². The predicted octanol–water partition coefficient (Wildman–Crippen LogP) is 2.22. The molecule has 0 aromatic carbocycles. The molecule has 2 N–H and O–H groups in total. The van der Waals surface area contributed by atoms with Gasteiger partial charge in [-0.2, -0.15) is 13.2 Å². The maximum Gasteiger partial charge on any atom is 0.405 e. The molecule has 0 aromatic rings. The van der Waals surface area contributed by atoms with Crippen LogP contribution in [-0.4, -0.2) is 31.7 Å².